The molecule has 1 aromatic rings. The molecule has 0 atom stereocenters. The summed E-state index contributed by atoms with van der Waals surface area (Å²) < 4.78 is 4.79. The van der Waals surface area contributed by atoms with Crippen LogP contribution in [0.2, 0.25) is 0 Å². The van der Waals surface area contributed by atoms with Gasteiger partial charge in [0.15, 0.2) is 6.61 Å². The van der Waals surface area contributed by atoms with Gasteiger partial charge in [0.1, 0.15) is 0 Å². The van der Waals surface area contributed by atoms with E-state index in [0.717, 1.165) is 4.90 Å². The third-order valence-electron chi connectivity index (χ3n) is 2.12. The third-order valence-corrected chi connectivity index (χ3v) is 2.86. The second kappa shape index (κ2) is 7.42. The lowest BCUT2D eigenvalue weighted by molar-refractivity contribution is -0.127. The number of nitrogens with one attached hydrogen (secondary N) is 1. The molecule has 6 nitrogen and oxygen atoms in total. The van der Waals surface area contributed by atoms with Crippen molar-refractivity contribution in [2.45, 2.75) is 4.90 Å². The molecule has 0 aliphatic heterocycles. The normalized spacial score (nSPS) is 9.74. The Balaban J connectivity index is 2.42. The Labute approximate surface area is 114 Å². The van der Waals surface area contributed by atoms with Crippen LogP contribution < -0.4 is 11.1 Å². The van der Waals surface area contributed by atoms with Crippen molar-refractivity contribution >= 4 is 29.5 Å². The SMILES string of the molecule is CSc1ccc(C(=O)OCC(=O)NCC(N)=O)cc1. The Hall–Kier alpha value is -2.02. The van der Waals surface area contributed by atoms with E-state index >= 15 is 0 Å². The van der Waals surface area contributed by atoms with E-state index in [1.165, 1.54) is 0 Å². The van der Waals surface area contributed by atoms with Crippen LogP contribution in [-0.4, -0.2) is 37.2 Å². The molecule has 0 aliphatic rings. The summed E-state index contributed by atoms with van der Waals surface area (Å²) in [4.78, 5) is 34.2. The molecule has 1 rings (SSSR count). The number of hydrogen-bond donors (Lipinski definition) is 2. The summed E-state index contributed by atoms with van der Waals surface area (Å²) in [5.41, 5.74) is 5.21. The first-order chi connectivity index (χ1) is 9.02. The van der Waals surface area contributed by atoms with Crippen molar-refractivity contribution in [3.05, 3.63) is 29.8 Å². The third kappa shape index (κ3) is 5.43. The molecule has 0 bridgehead atoms. The van der Waals surface area contributed by atoms with E-state index in [-0.39, 0.29) is 6.54 Å². The largest absolute Gasteiger partial charge is 0.452 e. The predicted molar refractivity (Wildman–Crippen MR) is 70.7 cm³/mol. The number of primary amides is 1. The van der Waals surface area contributed by atoms with Crippen LogP contribution in [0.3, 0.4) is 0 Å². The zero-order valence-corrected chi connectivity index (χ0v) is 11.2. The van der Waals surface area contributed by atoms with Gasteiger partial charge in [-0.2, -0.15) is 0 Å². The molecule has 0 fully saturated rings. The summed E-state index contributed by atoms with van der Waals surface area (Å²) in [7, 11) is 0. The molecule has 7 heteroatoms. The van der Waals surface area contributed by atoms with Gasteiger partial charge in [-0.3, -0.25) is 9.59 Å². The molecule has 19 heavy (non-hydrogen) atoms. The van der Waals surface area contributed by atoms with Gasteiger partial charge in [-0.1, -0.05) is 0 Å². The van der Waals surface area contributed by atoms with Crippen LogP contribution in [-0.2, 0) is 14.3 Å². The molecule has 0 aromatic heterocycles. The average molecular weight is 282 g/mol. The lowest BCUT2D eigenvalue weighted by Gasteiger charge is -2.05. The van der Waals surface area contributed by atoms with Crippen LogP contribution in [0.25, 0.3) is 0 Å². The van der Waals surface area contributed by atoms with Crippen molar-refractivity contribution in [2.75, 3.05) is 19.4 Å². The Morgan fingerprint density at radius 3 is 2.42 bits per heavy atom. The zero-order chi connectivity index (χ0) is 14.3. The van der Waals surface area contributed by atoms with Crippen LogP contribution in [0, 0.1) is 0 Å². The standard InChI is InChI=1S/C12H14N2O4S/c1-19-9-4-2-8(3-5-9)12(17)18-7-11(16)14-6-10(13)15/h2-5H,6-7H2,1H3,(H2,13,15)(H,14,16). The molecule has 0 saturated heterocycles. The van der Waals surface area contributed by atoms with Gasteiger partial charge in [0.2, 0.25) is 5.91 Å². The van der Waals surface area contributed by atoms with Crippen molar-refractivity contribution < 1.29 is 19.1 Å². The van der Waals surface area contributed by atoms with Gasteiger partial charge in [0.05, 0.1) is 12.1 Å². The van der Waals surface area contributed by atoms with Crippen LogP contribution in [0.1, 0.15) is 10.4 Å². The summed E-state index contributed by atoms with van der Waals surface area (Å²) in [6.07, 6.45) is 1.93. The average Bonchev–Trinajstić information content (AvgIpc) is 2.42. The van der Waals surface area contributed by atoms with Crippen LogP contribution in [0.4, 0.5) is 0 Å². The number of carbonyl (C=O) groups excluding carboxylic acids is 3. The first kappa shape index (κ1) is 15.0. The second-order valence-electron chi connectivity index (χ2n) is 3.55. The van der Waals surface area contributed by atoms with Crippen molar-refractivity contribution in [3.8, 4) is 0 Å². The maximum absolute atomic E-state index is 11.6. The first-order valence-corrected chi connectivity index (χ1v) is 6.61. The Morgan fingerprint density at radius 1 is 1.26 bits per heavy atom. The predicted octanol–water partition coefficient (Wildman–Crippen LogP) is 0.167. The lowest BCUT2D eigenvalue weighted by Crippen LogP contribution is -2.35. The van der Waals surface area contributed by atoms with Crippen LogP contribution >= 0.6 is 11.8 Å². The summed E-state index contributed by atoms with van der Waals surface area (Å²) in [6, 6.07) is 6.81. The van der Waals surface area contributed by atoms with Gasteiger partial charge in [0.25, 0.3) is 5.91 Å². The quantitative estimate of drug-likeness (QED) is 0.572. The first-order valence-electron chi connectivity index (χ1n) is 5.39. The minimum absolute atomic E-state index is 0.279. The minimum atomic E-state index is -0.660. The van der Waals surface area contributed by atoms with Crippen molar-refractivity contribution in [1.29, 1.82) is 0 Å². The van der Waals surface area contributed by atoms with E-state index in [4.69, 9.17) is 10.5 Å². The molecular formula is C12H14N2O4S. The highest BCUT2D eigenvalue weighted by atomic mass is 32.2. The Kier molecular flexibility index (Phi) is 5.87. The molecule has 2 amide bonds. The van der Waals surface area contributed by atoms with E-state index in [2.05, 4.69) is 5.32 Å². The zero-order valence-electron chi connectivity index (χ0n) is 10.3. The number of carbonyl (C=O) groups is 3. The fourth-order valence-electron chi connectivity index (χ4n) is 1.18. The Morgan fingerprint density at radius 2 is 1.89 bits per heavy atom. The van der Waals surface area contributed by atoms with Gasteiger partial charge in [-0.25, -0.2) is 4.79 Å². The van der Waals surface area contributed by atoms with E-state index in [9.17, 15) is 14.4 Å². The maximum Gasteiger partial charge on any atom is 0.338 e. The van der Waals surface area contributed by atoms with Gasteiger partial charge in [-0.05, 0) is 30.5 Å². The molecule has 0 saturated carbocycles. The summed E-state index contributed by atoms with van der Waals surface area (Å²) in [6.45, 7) is -0.727. The maximum atomic E-state index is 11.6. The number of amides is 2. The van der Waals surface area contributed by atoms with Crippen molar-refractivity contribution in [1.82, 2.24) is 5.32 Å². The van der Waals surface area contributed by atoms with E-state index in [1.807, 2.05) is 6.26 Å². The summed E-state index contributed by atoms with van der Waals surface area (Å²) in [5.74, 6) is -1.83. The molecular weight excluding hydrogens is 268 g/mol. The summed E-state index contributed by atoms with van der Waals surface area (Å²) in [5, 5.41) is 2.21. The molecule has 0 unspecified atom stereocenters. The number of benzene rings is 1. The number of rotatable bonds is 6. The van der Waals surface area contributed by atoms with Crippen molar-refractivity contribution in [3.63, 3.8) is 0 Å². The van der Waals surface area contributed by atoms with Gasteiger partial charge in [-0.15, -0.1) is 11.8 Å². The second-order valence-corrected chi connectivity index (χ2v) is 4.43. The summed E-state index contributed by atoms with van der Waals surface area (Å²) >= 11 is 1.56. The van der Waals surface area contributed by atoms with Gasteiger partial charge in [0, 0.05) is 4.90 Å². The van der Waals surface area contributed by atoms with E-state index in [1.54, 1.807) is 36.0 Å². The monoisotopic (exact) mass is 282 g/mol. The smallest absolute Gasteiger partial charge is 0.338 e. The number of ether oxygens (including phenoxy) is 1. The molecule has 0 heterocycles. The van der Waals surface area contributed by atoms with E-state index < -0.39 is 24.4 Å². The fraction of sp³-hybridized carbons (Fsp3) is 0.250. The molecule has 0 spiro atoms. The van der Waals surface area contributed by atoms with Gasteiger partial charge >= 0.3 is 5.97 Å². The highest BCUT2D eigenvalue weighted by Crippen LogP contribution is 2.15. The molecule has 102 valence electrons. The highest BCUT2D eigenvalue weighted by Gasteiger charge is 2.10. The van der Waals surface area contributed by atoms with Crippen LogP contribution in [0.5, 0.6) is 0 Å². The molecule has 3 N–H and O–H groups in total. The molecule has 1 aromatic carbocycles. The minimum Gasteiger partial charge on any atom is -0.452 e. The number of hydrogen-bond acceptors (Lipinski definition) is 5. The van der Waals surface area contributed by atoms with Gasteiger partial charge < -0.3 is 15.8 Å². The lowest BCUT2D eigenvalue weighted by atomic mass is 10.2. The van der Waals surface area contributed by atoms with Crippen molar-refractivity contribution in [2.24, 2.45) is 5.73 Å². The molecule has 0 aliphatic carbocycles. The highest BCUT2D eigenvalue weighted by molar-refractivity contribution is 7.98. The van der Waals surface area contributed by atoms with Crippen LogP contribution in [0.15, 0.2) is 29.2 Å². The topological polar surface area (TPSA) is 98.5 Å². The number of nitrogens with two attached hydrogens (primary N) is 1. The number of thioether (sulfide) groups is 1. The number of esters is 1. The van der Waals surface area contributed by atoms with E-state index in [0.29, 0.717) is 5.56 Å². The molecule has 0 radical (unpaired) electrons. The Bertz CT molecular complexity index is 473. The fourth-order valence-corrected chi connectivity index (χ4v) is 1.59.